The van der Waals surface area contributed by atoms with Gasteiger partial charge in [-0.2, -0.15) is 0 Å². The van der Waals surface area contributed by atoms with E-state index in [0.29, 0.717) is 6.42 Å². The number of methoxy groups -OCH3 is 1. The summed E-state index contributed by atoms with van der Waals surface area (Å²) >= 11 is 3.28. The SMILES string of the molecule is CCSc1nc(C)c(CC(=O)OC)s1. The topological polar surface area (TPSA) is 39.2 Å². The molecule has 1 aromatic heterocycles. The number of thiazole rings is 1. The van der Waals surface area contributed by atoms with Crippen LogP contribution >= 0.6 is 23.1 Å². The first kappa shape index (κ1) is 11.5. The molecule has 0 saturated carbocycles. The van der Waals surface area contributed by atoms with Gasteiger partial charge in [-0.25, -0.2) is 4.98 Å². The minimum atomic E-state index is -0.204. The molecule has 0 radical (unpaired) electrons. The van der Waals surface area contributed by atoms with Crippen molar-refractivity contribution in [2.45, 2.75) is 24.6 Å². The molecule has 1 rings (SSSR count). The Morgan fingerprint density at radius 2 is 2.36 bits per heavy atom. The van der Waals surface area contributed by atoms with Crippen molar-refractivity contribution in [3.63, 3.8) is 0 Å². The molecule has 14 heavy (non-hydrogen) atoms. The third kappa shape index (κ3) is 2.99. The number of carbonyl (C=O) groups excluding carboxylic acids is 1. The van der Waals surface area contributed by atoms with Crippen molar-refractivity contribution in [2.24, 2.45) is 0 Å². The summed E-state index contributed by atoms with van der Waals surface area (Å²) in [5, 5.41) is 0. The van der Waals surface area contributed by atoms with Gasteiger partial charge in [0.25, 0.3) is 0 Å². The van der Waals surface area contributed by atoms with Crippen molar-refractivity contribution in [2.75, 3.05) is 12.9 Å². The van der Waals surface area contributed by atoms with E-state index in [1.165, 1.54) is 7.11 Å². The molecule has 0 spiro atoms. The van der Waals surface area contributed by atoms with Crippen LogP contribution in [0.2, 0.25) is 0 Å². The van der Waals surface area contributed by atoms with Gasteiger partial charge in [0.05, 0.1) is 19.2 Å². The van der Waals surface area contributed by atoms with Crippen LogP contribution in [0.1, 0.15) is 17.5 Å². The molecular formula is C9H13NO2S2. The van der Waals surface area contributed by atoms with E-state index in [9.17, 15) is 4.79 Å². The normalized spacial score (nSPS) is 10.2. The summed E-state index contributed by atoms with van der Waals surface area (Å²) in [5.74, 6) is 0.801. The number of hydrogen-bond acceptors (Lipinski definition) is 5. The van der Waals surface area contributed by atoms with Gasteiger partial charge < -0.3 is 4.74 Å². The van der Waals surface area contributed by atoms with E-state index in [1.54, 1.807) is 23.1 Å². The van der Waals surface area contributed by atoms with Gasteiger partial charge in [0.1, 0.15) is 4.34 Å². The summed E-state index contributed by atoms with van der Waals surface area (Å²) in [5.41, 5.74) is 0.941. The monoisotopic (exact) mass is 231 g/mol. The molecule has 0 aromatic carbocycles. The molecule has 1 aromatic rings. The van der Waals surface area contributed by atoms with E-state index < -0.39 is 0 Å². The molecule has 0 fully saturated rings. The van der Waals surface area contributed by atoms with Crippen LogP contribution in [0.15, 0.2) is 4.34 Å². The van der Waals surface area contributed by atoms with Gasteiger partial charge >= 0.3 is 5.97 Å². The Labute approximate surface area is 91.9 Å². The van der Waals surface area contributed by atoms with Crippen molar-refractivity contribution >= 4 is 29.1 Å². The predicted octanol–water partition coefficient (Wildman–Crippen LogP) is 2.28. The second-order valence-corrected chi connectivity index (χ2v) is 5.27. The van der Waals surface area contributed by atoms with Gasteiger partial charge in [-0.15, -0.1) is 11.3 Å². The highest BCUT2D eigenvalue weighted by Gasteiger charge is 2.11. The summed E-state index contributed by atoms with van der Waals surface area (Å²) in [7, 11) is 1.40. The minimum absolute atomic E-state index is 0.204. The summed E-state index contributed by atoms with van der Waals surface area (Å²) in [6, 6.07) is 0. The molecule has 5 heteroatoms. The maximum absolute atomic E-state index is 11.1. The zero-order valence-electron chi connectivity index (χ0n) is 8.49. The van der Waals surface area contributed by atoms with Crippen molar-refractivity contribution in [1.82, 2.24) is 4.98 Å². The first-order chi connectivity index (χ1) is 6.67. The summed E-state index contributed by atoms with van der Waals surface area (Å²) in [6.07, 6.45) is 0.338. The van der Waals surface area contributed by atoms with E-state index in [2.05, 4.69) is 16.6 Å². The lowest BCUT2D eigenvalue weighted by molar-refractivity contribution is -0.139. The van der Waals surface area contributed by atoms with Crippen LogP contribution in [-0.2, 0) is 16.0 Å². The van der Waals surface area contributed by atoms with Crippen molar-refractivity contribution in [1.29, 1.82) is 0 Å². The maximum atomic E-state index is 11.1. The van der Waals surface area contributed by atoms with E-state index in [4.69, 9.17) is 0 Å². The number of thioether (sulfide) groups is 1. The molecule has 1 heterocycles. The predicted molar refractivity (Wildman–Crippen MR) is 59.0 cm³/mol. The Morgan fingerprint density at radius 3 is 2.93 bits per heavy atom. The highest BCUT2D eigenvalue weighted by Crippen LogP contribution is 2.27. The van der Waals surface area contributed by atoms with Gasteiger partial charge in [0, 0.05) is 4.88 Å². The van der Waals surface area contributed by atoms with Gasteiger partial charge in [-0.1, -0.05) is 18.7 Å². The Kier molecular flexibility index (Phi) is 4.41. The fraction of sp³-hybridized carbons (Fsp3) is 0.556. The highest BCUT2D eigenvalue weighted by atomic mass is 32.2. The van der Waals surface area contributed by atoms with E-state index >= 15 is 0 Å². The number of hydrogen-bond donors (Lipinski definition) is 0. The lowest BCUT2D eigenvalue weighted by atomic mass is 10.3. The van der Waals surface area contributed by atoms with Crippen molar-refractivity contribution in [3.05, 3.63) is 10.6 Å². The molecule has 0 amide bonds. The van der Waals surface area contributed by atoms with Gasteiger partial charge in [-0.3, -0.25) is 4.79 Å². The average Bonchev–Trinajstić information content (AvgIpc) is 2.47. The number of esters is 1. The van der Waals surface area contributed by atoms with Crippen molar-refractivity contribution in [3.8, 4) is 0 Å². The molecule has 0 unspecified atom stereocenters. The smallest absolute Gasteiger partial charge is 0.310 e. The van der Waals surface area contributed by atoms with E-state index in [-0.39, 0.29) is 5.97 Å². The molecule has 0 N–H and O–H groups in total. The largest absolute Gasteiger partial charge is 0.469 e. The number of aromatic nitrogens is 1. The number of aryl methyl sites for hydroxylation is 1. The van der Waals surface area contributed by atoms with Gasteiger partial charge in [0.15, 0.2) is 0 Å². The van der Waals surface area contributed by atoms with E-state index in [0.717, 1.165) is 20.7 Å². The Bertz CT molecular complexity index is 323. The van der Waals surface area contributed by atoms with Crippen LogP contribution in [0.4, 0.5) is 0 Å². The lowest BCUT2D eigenvalue weighted by Gasteiger charge is -1.95. The molecule has 78 valence electrons. The molecule has 0 aliphatic heterocycles. The zero-order chi connectivity index (χ0) is 10.6. The molecule has 0 aliphatic carbocycles. The molecular weight excluding hydrogens is 218 g/mol. The molecule has 0 saturated heterocycles. The Hall–Kier alpha value is -0.550. The van der Waals surface area contributed by atoms with Gasteiger partial charge in [0.2, 0.25) is 0 Å². The third-order valence-corrected chi connectivity index (χ3v) is 3.86. The van der Waals surface area contributed by atoms with E-state index in [1.807, 2.05) is 6.92 Å². The lowest BCUT2D eigenvalue weighted by Crippen LogP contribution is -2.03. The Morgan fingerprint density at radius 1 is 1.64 bits per heavy atom. The van der Waals surface area contributed by atoms with Crippen LogP contribution in [-0.4, -0.2) is 23.8 Å². The first-order valence-electron chi connectivity index (χ1n) is 4.33. The van der Waals surface area contributed by atoms with Crippen LogP contribution < -0.4 is 0 Å². The second-order valence-electron chi connectivity index (χ2n) is 2.67. The second kappa shape index (κ2) is 5.36. The Balaban J connectivity index is 2.71. The van der Waals surface area contributed by atoms with Crippen LogP contribution in [0.3, 0.4) is 0 Å². The number of ether oxygens (including phenoxy) is 1. The third-order valence-electron chi connectivity index (χ3n) is 1.67. The zero-order valence-corrected chi connectivity index (χ0v) is 10.1. The summed E-state index contributed by atoms with van der Waals surface area (Å²) < 4.78 is 5.64. The molecule has 0 bridgehead atoms. The number of nitrogens with zero attached hydrogens (tertiary/aromatic N) is 1. The minimum Gasteiger partial charge on any atom is -0.469 e. The first-order valence-corrected chi connectivity index (χ1v) is 6.13. The van der Waals surface area contributed by atoms with Crippen LogP contribution in [0.5, 0.6) is 0 Å². The highest BCUT2D eigenvalue weighted by molar-refractivity contribution is 8.01. The molecule has 0 aliphatic rings. The fourth-order valence-corrected chi connectivity index (χ4v) is 3.07. The fourth-order valence-electron chi connectivity index (χ4n) is 0.954. The van der Waals surface area contributed by atoms with Crippen LogP contribution in [0, 0.1) is 6.92 Å². The average molecular weight is 231 g/mol. The summed E-state index contributed by atoms with van der Waals surface area (Å²) in [6.45, 7) is 4.01. The van der Waals surface area contributed by atoms with Crippen molar-refractivity contribution < 1.29 is 9.53 Å². The quantitative estimate of drug-likeness (QED) is 0.588. The number of rotatable bonds is 4. The summed E-state index contributed by atoms with van der Waals surface area (Å²) in [4.78, 5) is 16.4. The maximum Gasteiger partial charge on any atom is 0.310 e. The van der Waals surface area contributed by atoms with Crippen LogP contribution in [0.25, 0.3) is 0 Å². The molecule has 3 nitrogen and oxygen atoms in total. The standard InChI is InChI=1S/C9H13NO2S2/c1-4-13-9-10-6(2)7(14-9)5-8(11)12-3/h4-5H2,1-3H3. The molecule has 0 atom stereocenters. The van der Waals surface area contributed by atoms with Gasteiger partial charge in [-0.05, 0) is 12.7 Å². The number of carbonyl (C=O) groups is 1.